The Balaban J connectivity index is 2.30. The van der Waals surface area contributed by atoms with Gasteiger partial charge in [-0.05, 0) is 50.7 Å². The number of hydrogen-bond donors (Lipinski definition) is 1. The van der Waals surface area contributed by atoms with Gasteiger partial charge in [0.05, 0.1) is 0 Å². The summed E-state index contributed by atoms with van der Waals surface area (Å²) in [6, 6.07) is 6.18. The zero-order valence-electron chi connectivity index (χ0n) is 14.5. The van der Waals surface area contributed by atoms with Gasteiger partial charge in [0.15, 0.2) is 6.23 Å². The van der Waals surface area contributed by atoms with Gasteiger partial charge in [-0.2, -0.15) is 0 Å². The predicted octanol–water partition coefficient (Wildman–Crippen LogP) is 2.65. The molecule has 0 saturated heterocycles. The van der Waals surface area contributed by atoms with E-state index < -0.39 is 0 Å². The van der Waals surface area contributed by atoms with E-state index in [1.807, 2.05) is 33.8 Å². The SMILES string of the molecule is CC(C)OB(OC(C)C)c1ccc2c(c1)OC(N)C(C)C2C. The number of nitrogens with two attached hydrogens (primary N) is 1. The van der Waals surface area contributed by atoms with Gasteiger partial charge in [0.2, 0.25) is 0 Å². The van der Waals surface area contributed by atoms with E-state index in [0.29, 0.717) is 11.8 Å². The molecule has 22 heavy (non-hydrogen) atoms. The first-order valence-electron chi connectivity index (χ1n) is 8.16. The molecule has 3 unspecified atom stereocenters. The van der Waals surface area contributed by atoms with Gasteiger partial charge >= 0.3 is 7.12 Å². The highest BCUT2D eigenvalue weighted by molar-refractivity contribution is 6.61. The molecule has 0 bridgehead atoms. The summed E-state index contributed by atoms with van der Waals surface area (Å²) in [4.78, 5) is 0. The minimum absolute atomic E-state index is 0.0851. The lowest BCUT2D eigenvalue weighted by molar-refractivity contribution is 0.111. The van der Waals surface area contributed by atoms with Gasteiger partial charge in [-0.25, -0.2) is 0 Å². The fourth-order valence-electron chi connectivity index (χ4n) is 2.68. The molecule has 5 heteroatoms. The Morgan fingerprint density at radius 3 is 2.23 bits per heavy atom. The summed E-state index contributed by atoms with van der Waals surface area (Å²) in [6.45, 7) is 12.3. The van der Waals surface area contributed by atoms with Crippen molar-refractivity contribution in [2.24, 2.45) is 11.7 Å². The molecule has 0 aromatic heterocycles. The minimum Gasteiger partial charge on any atom is -0.475 e. The molecule has 2 N–H and O–H groups in total. The third-order valence-electron chi connectivity index (χ3n) is 4.16. The third-order valence-corrected chi connectivity index (χ3v) is 4.16. The van der Waals surface area contributed by atoms with Crippen LogP contribution in [0.15, 0.2) is 18.2 Å². The van der Waals surface area contributed by atoms with Crippen LogP contribution in [0.25, 0.3) is 0 Å². The Morgan fingerprint density at radius 2 is 1.68 bits per heavy atom. The van der Waals surface area contributed by atoms with E-state index >= 15 is 0 Å². The fraction of sp³-hybridized carbons (Fsp3) is 0.647. The van der Waals surface area contributed by atoms with Gasteiger partial charge in [-0.1, -0.05) is 26.0 Å². The van der Waals surface area contributed by atoms with Crippen molar-refractivity contribution in [2.75, 3.05) is 0 Å². The Labute approximate surface area is 134 Å². The summed E-state index contributed by atoms with van der Waals surface area (Å²) < 4.78 is 17.7. The summed E-state index contributed by atoms with van der Waals surface area (Å²) in [5, 5.41) is 0. The standard InChI is InChI=1S/C17H28BNO3/c1-10(2)21-18(22-11(3)4)14-7-8-15-12(5)13(6)17(19)20-16(15)9-14/h7-13,17H,19H2,1-6H3. The van der Waals surface area contributed by atoms with Crippen LogP contribution in [0.5, 0.6) is 5.75 Å². The lowest BCUT2D eigenvalue weighted by Gasteiger charge is -2.34. The van der Waals surface area contributed by atoms with E-state index in [1.54, 1.807) is 0 Å². The normalized spacial score (nSPS) is 24.3. The first-order chi connectivity index (χ1) is 10.3. The van der Waals surface area contributed by atoms with Gasteiger partial charge in [0.25, 0.3) is 0 Å². The average Bonchev–Trinajstić information content (AvgIpc) is 2.42. The quantitative estimate of drug-likeness (QED) is 0.850. The van der Waals surface area contributed by atoms with Gasteiger partial charge in [0, 0.05) is 18.1 Å². The van der Waals surface area contributed by atoms with Crippen molar-refractivity contribution in [2.45, 2.75) is 65.9 Å². The Bertz CT molecular complexity index is 497. The molecule has 0 amide bonds. The maximum atomic E-state index is 6.09. The second-order valence-electron chi connectivity index (χ2n) is 6.73. The number of ether oxygens (including phenoxy) is 1. The van der Waals surface area contributed by atoms with Crippen LogP contribution in [0, 0.1) is 5.92 Å². The van der Waals surface area contributed by atoms with Crippen LogP contribution in [0.3, 0.4) is 0 Å². The number of hydrogen-bond acceptors (Lipinski definition) is 4. The lowest BCUT2D eigenvalue weighted by Crippen LogP contribution is -2.43. The second kappa shape index (κ2) is 7.03. The maximum absolute atomic E-state index is 6.09. The van der Waals surface area contributed by atoms with Crippen LogP contribution < -0.4 is 15.9 Å². The van der Waals surface area contributed by atoms with Crippen molar-refractivity contribution in [1.29, 1.82) is 0 Å². The van der Waals surface area contributed by atoms with Gasteiger partial charge < -0.3 is 14.0 Å². The highest BCUT2D eigenvalue weighted by Gasteiger charge is 2.32. The summed E-state index contributed by atoms with van der Waals surface area (Å²) >= 11 is 0. The molecule has 0 radical (unpaired) electrons. The number of fused-ring (bicyclic) bond motifs is 1. The molecule has 1 aliphatic heterocycles. The van der Waals surface area contributed by atoms with Gasteiger partial charge in [-0.15, -0.1) is 0 Å². The van der Waals surface area contributed by atoms with E-state index in [9.17, 15) is 0 Å². The number of benzene rings is 1. The van der Waals surface area contributed by atoms with E-state index in [2.05, 4.69) is 26.0 Å². The zero-order valence-corrected chi connectivity index (χ0v) is 14.5. The van der Waals surface area contributed by atoms with Gasteiger partial charge in [0.1, 0.15) is 5.75 Å². The predicted molar refractivity (Wildman–Crippen MR) is 90.5 cm³/mol. The first-order valence-corrected chi connectivity index (χ1v) is 8.16. The molecule has 3 atom stereocenters. The summed E-state index contributed by atoms with van der Waals surface area (Å²) in [7, 11) is -0.389. The maximum Gasteiger partial charge on any atom is 0.494 e. The molecule has 0 saturated carbocycles. The molecular formula is C17H28BNO3. The Hall–Kier alpha value is -1.04. The van der Waals surface area contributed by atoms with Crippen LogP contribution in [-0.4, -0.2) is 25.6 Å². The number of rotatable bonds is 5. The largest absolute Gasteiger partial charge is 0.494 e. The van der Waals surface area contributed by atoms with E-state index in [0.717, 1.165) is 11.2 Å². The molecule has 0 spiro atoms. The highest BCUT2D eigenvalue weighted by atomic mass is 16.6. The molecular weight excluding hydrogens is 277 g/mol. The van der Waals surface area contributed by atoms with Gasteiger partial charge in [-0.3, -0.25) is 5.73 Å². The summed E-state index contributed by atoms with van der Waals surface area (Å²) in [6.07, 6.45) is -0.1000. The molecule has 2 rings (SSSR count). The van der Waals surface area contributed by atoms with Crippen molar-refractivity contribution >= 4 is 12.6 Å². The second-order valence-corrected chi connectivity index (χ2v) is 6.73. The molecule has 122 valence electrons. The van der Waals surface area contributed by atoms with Crippen LogP contribution in [0.1, 0.15) is 53.0 Å². The van der Waals surface area contributed by atoms with E-state index in [-0.39, 0.29) is 25.6 Å². The Kier molecular flexibility index (Phi) is 5.53. The monoisotopic (exact) mass is 305 g/mol. The van der Waals surface area contributed by atoms with Crippen LogP contribution in [-0.2, 0) is 9.31 Å². The molecule has 1 heterocycles. The average molecular weight is 305 g/mol. The summed E-state index contributed by atoms with van der Waals surface area (Å²) in [5.74, 6) is 1.52. The highest BCUT2D eigenvalue weighted by Crippen LogP contribution is 2.37. The zero-order chi connectivity index (χ0) is 16.4. The molecule has 1 aromatic rings. The van der Waals surface area contributed by atoms with E-state index in [4.69, 9.17) is 19.8 Å². The smallest absolute Gasteiger partial charge is 0.475 e. The van der Waals surface area contributed by atoms with E-state index in [1.165, 1.54) is 5.56 Å². The van der Waals surface area contributed by atoms with Crippen molar-refractivity contribution in [3.63, 3.8) is 0 Å². The molecule has 1 aliphatic rings. The van der Waals surface area contributed by atoms with Crippen LogP contribution >= 0.6 is 0 Å². The third kappa shape index (κ3) is 3.83. The molecule has 1 aromatic carbocycles. The van der Waals surface area contributed by atoms with Crippen LogP contribution in [0.4, 0.5) is 0 Å². The fourth-order valence-corrected chi connectivity index (χ4v) is 2.68. The van der Waals surface area contributed by atoms with Crippen molar-refractivity contribution in [1.82, 2.24) is 0 Å². The van der Waals surface area contributed by atoms with Crippen LogP contribution in [0.2, 0.25) is 0 Å². The van der Waals surface area contributed by atoms with Crippen molar-refractivity contribution in [3.05, 3.63) is 23.8 Å². The Morgan fingerprint density at radius 1 is 1.09 bits per heavy atom. The topological polar surface area (TPSA) is 53.7 Å². The molecule has 0 aliphatic carbocycles. The lowest BCUT2D eigenvalue weighted by atomic mass is 9.75. The molecule has 4 nitrogen and oxygen atoms in total. The molecule has 0 fully saturated rings. The minimum atomic E-state index is -0.389. The van der Waals surface area contributed by atoms with Crippen molar-refractivity contribution in [3.8, 4) is 5.75 Å². The summed E-state index contributed by atoms with van der Waals surface area (Å²) in [5.41, 5.74) is 8.25. The van der Waals surface area contributed by atoms with Crippen molar-refractivity contribution < 1.29 is 14.0 Å². The first kappa shape index (κ1) is 17.3.